The molecule has 22 heavy (non-hydrogen) atoms. The van der Waals surface area contributed by atoms with E-state index in [1.807, 2.05) is 0 Å². The van der Waals surface area contributed by atoms with E-state index in [1.165, 1.54) is 18.1 Å². The molecule has 0 saturated heterocycles. The van der Waals surface area contributed by atoms with E-state index in [1.54, 1.807) is 19.2 Å². The van der Waals surface area contributed by atoms with Gasteiger partial charge in [0.15, 0.2) is 5.82 Å². The number of rotatable bonds is 7. The average molecular weight is 309 g/mol. The third-order valence-corrected chi connectivity index (χ3v) is 3.36. The first-order chi connectivity index (χ1) is 10.5. The Morgan fingerprint density at radius 1 is 1.55 bits per heavy atom. The highest BCUT2D eigenvalue weighted by Gasteiger charge is 2.15. The number of H-pyrrole nitrogens is 1. The summed E-state index contributed by atoms with van der Waals surface area (Å²) in [5.41, 5.74) is 0.903. The SMILES string of the molecule is COCC(O)CN(C)C(=O)CCc1nc2c(F)cccc2[nH]1. The van der Waals surface area contributed by atoms with Gasteiger partial charge in [-0.25, -0.2) is 9.37 Å². The monoisotopic (exact) mass is 309 g/mol. The molecule has 1 atom stereocenters. The summed E-state index contributed by atoms with van der Waals surface area (Å²) in [7, 11) is 3.12. The number of carbonyl (C=O) groups is 1. The number of carbonyl (C=O) groups excluding carboxylic acids is 1. The Kier molecular flexibility index (Phi) is 5.46. The van der Waals surface area contributed by atoms with Gasteiger partial charge in [0.2, 0.25) is 5.91 Å². The van der Waals surface area contributed by atoms with Crippen molar-refractivity contribution < 1.29 is 19.0 Å². The molecule has 2 rings (SSSR count). The van der Waals surface area contributed by atoms with Crippen molar-refractivity contribution in [2.24, 2.45) is 0 Å². The first-order valence-electron chi connectivity index (χ1n) is 7.05. The van der Waals surface area contributed by atoms with E-state index in [0.29, 0.717) is 17.8 Å². The maximum atomic E-state index is 13.5. The second-order valence-corrected chi connectivity index (χ2v) is 5.20. The lowest BCUT2D eigenvalue weighted by molar-refractivity contribution is -0.131. The molecular weight excluding hydrogens is 289 g/mol. The minimum atomic E-state index is -0.709. The van der Waals surface area contributed by atoms with Gasteiger partial charge in [-0.15, -0.1) is 0 Å². The van der Waals surface area contributed by atoms with Gasteiger partial charge in [-0.05, 0) is 12.1 Å². The number of hydrogen-bond donors (Lipinski definition) is 2. The number of aromatic nitrogens is 2. The number of nitrogens with one attached hydrogen (secondary N) is 1. The first-order valence-corrected chi connectivity index (χ1v) is 7.05. The summed E-state index contributed by atoms with van der Waals surface area (Å²) in [4.78, 5) is 20.6. The number of aromatic amines is 1. The largest absolute Gasteiger partial charge is 0.389 e. The van der Waals surface area contributed by atoms with Crippen LogP contribution >= 0.6 is 0 Å². The number of fused-ring (bicyclic) bond motifs is 1. The van der Waals surface area contributed by atoms with E-state index in [2.05, 4.69) is 9.97 Å². The summed E-state index contributed by atoms with van der Waals surface area (Å²) in [6, 6.07) is 4.70. The molecule has 1 unspecified atom stereocenters. The normalized spacial score (nSPS) is 12.5. The zero-order valence-electron chi connectivity index (χ0n) is 12.7. The maximum Gasteiger partial charge on any atom is 0.222 e. The number of nitrogens with zero attached hydrogens (tertiary/aromatic N) is 2. The molecule has 1 aromatic heterocycles. The Balaban J connectivity index is 1.91. The Labute approximate surface area is 127 Å². The standard InChI is InChI=1S/C15H20FN3O3/c1-19(8-10(20)9-22-2)14(21)7-6-13-17-12-5-3-4-11(16)15(12)18-13/h3-5,10,20H,6-9H2,1-2H3,(H,17,18). The van der Waals surface area contributed by atoms with Crippen molar-refractivity contribution in [3.05, 3.63) is 29.8 Å². The molecule has 0 spiro atoms. The second-order valence-electron chi connectivity index (χ2n) is 5.20. The van der Waals surface area contributed by atoms with Crippen LogP contribution in [0.1, 0.15) is 12.2 Å². The number of amides is 1. The van der Waals surface area contributed by atoms with Crippen LogP contribution in [-0.2, 0) is 16.0 Å². The molecule has 6 nitrogen and oxygen atoms in total. The molecule has 1 amide bonds. The highest BCUT2D eigenvalue weighted by molar-refractivity contribution is 5.77. The second kappa shape index (κ2) is 7.33. The van der Waals surface area contributed by atoms with E-state index in [0.717, 1.165) is 0 Å². The molecule has 1 heterocycles. The Bertz CT molecular complexity index is 644. The number of para-hydroxylation sites is 1. The summed E-state index contributed by atoms with van der Waals surface area (Å²) < 4.78 is 18.4. The third-order valence-electron chi connectivity index (χ3n) is 3.36. The zero-order chi connectivity index (χ0) is 16.1. The van der Waals surface area contributed by atoms with E-state index < -0.39 is 6.10 Å². The number of likely N-dealkylation sites (N-methyl/N-ethyl adjacent to an activating group) is 1. The maximum absolute atomic E-state index is 13.5. The summed E-state index contributed by atoms with van der Waals surface area (Å²) >= 11 is 0. The van der Waals surface area contributed by atoms with E-state index >= 15 is 0 Å². The lowest BCUT2D eigenvalue weighted by atomic mass is 10.2. The van der Waals surface area contributed by atoms with Crippen LogP contribution in [0.5, 0.6) is 0 Å². The molecule has 7 heteroatoms. The van der Waals surface area contributed by atoms with Crippen molar-refractivity contribution in [3.8, 4) is 0 Å². The predicted octanol–water partition coefficient (Wildman–Crippen LogP) is 1.10. The smallest absolute Gasteiger partial charge is 0.222 e. The molecular formula is C15H20FN3O3. The van der Waals surface area contributed by atoms with Crippen LogP contribution in [0, 0.1) is 5.82 Å². The number of benzene rings is 1. The highest BCUT2D eigenvalue weighted by Crippen LogP contribution is 2.15. The number of aryl methyl sites for hydroxylation is 1. The molecule has 0 aliphatic rings. The fourth-order valence-corrected chi connectivity index (χ4v) is 2.25. The number of imidazole rings is 1. The van der Waals surface area contributed by atoms with Gasteiger partial charge in [-0.2, -0.15) is 0 Å². The molecule has 0 saturated carbocycles. The van der Waals surface area contributed by atoms with Crippen LogP contribution in [0.4, 0.5) is 4.39 Å². The molecule has 0 fully saturated rings. The lowest BCUT2D eigenvalue weighted by Gasteiger charge is -2.20. The van der Waals surface area contributed by atoms with Crippen molar-refractivity contribution >= 4 is 16.9 Å². The highest BCUT2D eigenvalue weighted by atomic mass is 19.1. The van der Waals surface area contributed by atoms with Crippen molar-refractivity contribution in [1.29, 1.82) is 0 Å². The number of aliphatic hydroxyl groups is 1. The van der Waals surface area contributed by atoms with Gasteiger partial charge in [-0.1, -0.05) is 6.07 Å². The Morgan fingerprint density at radius 2 is 2.32 bits per heavy atom. The first kappa shape index (κ1) is 16.4. The third kappa shape index (κ3) is 4.02. The van der Waals surface area contributed by atoms with Crippen molar-refractivity contribution in [2.45, 2.75) is 18.9 Å². The van der Waals surface area contributed by atoms with Gasteiger partial charge in [-0.3, -0.25) is 4.79 Å². The molecule has 0 radical (unpaired) electrons. The van der Waals surface area contributed by atoms with E-state index in [9.17, 15) is 14.3 Å². The van der Waals surface area contributed by atoms with Crippen molar-refractivity contribution in [1.82, 2.24) is 14.9 Å². The van der Waals surface area contributed by atoms with Gasteiger partial charge < -0.3 is 19.7 Å². The molecule has 1 aromatic carbocycles. The summed E-state index contributed by atoms with van der Waals surface area (Å²) in [5, 5.41) is 9.60. The van der Waals surface area contributed by atoms with Crippen LogP contribution < -0.4 is 0 Å². The van der Waals surface area contributed by atoms with Crippen LogP contribution in [0.3, 0.4) is 0 Å². The van der Waals surface area contributed by atoms with E-state index in [-0.39, 0.29) is 36.8 Å². The molecule has 2 N–H and O–H groups in total. The topological polar surface area (TPSA) is 78.5 Å². The van der Waals surface area contributed by atoms with Gasteiger partial charge >= 0.3 is 0 Å². The number of methoxy groups -OCH3 is 1. The number of hydrogen-bond acceptors (Lipinski definition) is 4. The van der Waals surface area contributed by atoms with Crippen molar-refractivity contribution in [3.63, 3.8) is 0 Å². The zero-order valence-corrected chi connectivity index (χ0v) is 12.7. The fourth-order valence-electron chi connectivity index (χ4n) is 2.25. The number of aliphatic hydroxyl groups excluding tert-OH is 1. The van der Waals surface area contributed by atoms with Crippen LogP contribution in [0.2, 0.25) is 0 Å². The van der Waals surface area contributed by atoms with Gasteiger partial charge in [0.25, 0.3) is 0 Å². The van der Waals surface area contributed by atoms with E-state index in [4.69, 9.17) is 4.74 Å². The summed E-state index contributed by atoms with van der Waals surface area (Å²) in [6.07, 6.45) is -0.0887. The minimum Gasteiger partial charge on any atom is -0.389 e. The van der Waals surface area contributed by atoms with Gasteiger partial charge in [0.1, 0.15) is 11.3 Å². The number of ether oxygens (including phenoxy) is 1. The predicted molar refractivity (Wildman–Crippen MR) is 79.9 cm³/mol. The van der Waals surface area contributed by atoms with Crippen molar-refractivity contribution in [2.75, 3.05) is 27.3 Å². The number of halogens is 1. The molecule has 0 aliphatic heterocycles. The lowest BCUT2D eigenvalue weighted by Crippen LogP contribution is -2.36. The fraction of sp³-hybridized carbons (Fsp3) is 0.467. The van der Waals surface area contributed by atoms with Gasteiger partial charge in [0.05, 0.1) is 18.2 Å². The average Bonchev–Trinajstić information content (AvgIpc) is 2.89. The molecule has 120 valence electrons. The molecule has 0 bridgehead atoms. The van der Waals surface area contributed by atoms with Crippen LogP contribution in [0.25, 0.3) is 11.0 Å². The molecule has 0 aliphatic carbocycles. The Hall–Kier alpha value is -1.99. The molecule has 2 aromatic rings. The van der Waals surface area contributed by atoms with Gasteiger partial charge in [0, 0.05) is 33.5 Å². The quantitative estimate of drug-likeness (QED) is 0.803. The van der Waals surface area contributed by atoms with Crippen LogP contribution in [-0.4, -0.2) is 59.3 Å². The summed E-state index contributed by atoms with van der Waals surface area (Å²) in [6.45, 7) is 0.391. The van der Waals surface area contributed by atoms with Crippen LogP contribution in [0.15, 0.2) is 18.2 Å². The Morgan fingerprint density at radius 3 is 3.00 bits per heavy atom. The minimum absolute atomic E-state index is 0.115. The summed E-state index contributed by atoms with van der Waals surface area (Å²) in [5.74, 6) is 0.0708.